The Hall–Kier alpha value is -2.88. The predicted octanol–water partition coefficient (Wildman–Crippen LogP) is 2.89. The summed E-state index contributed by atoms with van der Waals surface area (Å²) in [7, 11) is 0. The molecule has 0 spiro atoms. The van der Waals surface area contributed by atoms with Crippen LogP contribution in [0, 0.1) is 0 Å². The Labute approximate surface area is 232 Å². The van der Waals surface area contributed by atoms with Crippen LogP contribution in [0.25, 0.3) is 11.2 Å². The lowest BCUT2D eigenvalue weighted by atomic mass is 9.97. The van der Waals surface area contributed by atoms with E-state index in [1.807, 2.05) is 0 Å². The van der Waals surface area contributed by atoms with Gasteiger partial charge in [0.25, 0.3) is 6.43 Å². The van der Waals surface area contributed by atoms with Gasteiger partial charge in [0.1, 0.15) is 29.7 Å². The molecule has 1 aliphatic heterocycles. The van der Waals surface area contributed by atoms with Gasteiger partial charge in [0, 0.05) is 0 Å². The summed E-state index contributed by atoms with van der Waals surface area (Å²) in [6.07, 6.45) is -8.19. The Bertz CT molecular complexity index is 1390. The second-order valence-electron chi connectivity index (χ2n) is 9.25. The van der Waals surface area contributed by atoms with Crippen molar-refractivity contribution in [2.45, 2.75) is 63.4 Å². The Morgan fingerprint density at radius 1 is 1.27 bits per heavy atom. The summed E-state index contributed by atoms with van der Waals surface area (Å²) in [6.45, 7) is -0.196. The van der Waals surface area contributed by atoms with E-state index in [0.29, 0.717) is 0 Å². The van der Waals surface area contributed by atoms with E-state index < -0.39 is 61.9 Å². The van der Waals surface area contributed by atoms with Crippen LogP contribution >= 0.6 is 6.64 Å². The molecule has 1 aliphatic rings. The van der Waals surface area contributed by atoms with Gasteiger partial charge in [-0.2, -0.15) is 0 Å². The normalized spacial score (nSPS) is 25.3. The molecule has 6 unspecified atom stereocenters. The standard InChI is InChI=1S/C23H28F3N6O6PS/c1-12(2)36-21(34)13(3)31-39(40,38-14-7-5-4-6-8-14)35-9-23(22(25)26)17(33)15(24)20(37-23)32-11-30-16-18(27)28-10-29-19(16)32/h4-8,10-13,15,17,20,22,33H,9H2,1-3H3,(H,31,40)(H2,27,28,29). The van der Waals surface area contributed by atoms with Crippen molar-refractivity contribution in [1.29, 1.82) is 0 Å². The molecule has 1 fully saturated rings. The maximum absolute atomic E-state index is 15.4. The second kappa shape index (κ2) is 11.9. The van der Waals surface area contributed by atoms with Gasteiger partial charge in [-0.25, -0.2) is 33.2 Å². The van der Waals surface area contributed by atoms with Crippen LogP contribution in [0.4, 0.5) is 19.0 Å². The molecule has 1 saturated heterocycles. The molecular formula is C23H28F3N6O6PS. The molecule has 6 atom stereocenters. The third kappa shape index (κ3) is 6.06. The molecular weight excluding hydrogens is 576 g/mol. The Morgan fingerprint density at radius 3 is 2.62 bits per heavy atom. The zero-order valence-corrected chi connectivity index (χ0v) is 23.3. The minimum absolute atomic E-state index is 0.00928. The van der Waals surface area contributed by atoms with Gasteiger partial charge in [0.15, 0.2) is 29.5 Å². The maximum atomic E-state index is 15.4. The molecule has 2 aromatic heterocycles. The van der Waals surface area contributed by atoms with Gasteiger partial charge in [-0.1, -0.05) is 18.2 Å². The lowest BCUT2D eigenvalue weighted by Gasteiger charge is -2.34. The fraction of sp³-hybridized carbons (Fsp3) is 0.478. The average molecular weight is 605 g/mol. The first kappa shape index (κ1) is 30.1. The van der Waals surface area contributed by atoms with Crippen LogP contribution < -0.4 is 15.3 Å². The number of aliphatic hydroxyl groups excluding tert-OH is 1. The van der Waals surface area contributed by atoms with E-state index in [1.54, 1.807) is 44.2 Å². The number of imidazole rings is 1. The van der Waals surface area contributed by atoms with Gasteiger partial charge in [0.2, 0.25) is 0 Å². The summed E-state index contributed by atoms with van der Waals surface area (Å²) < 4.78 is 67.8. The van der Waals surface area contributed by atoms with E-state index in [1.165, 1.54) is 6.92 Å². The van der Waals surface area contributed by atoms with Gasteiger partial charge in [0.05, 0.1) is 19.0 Å². The molecule has 1 aromatic carbocycles. The molecule has 17 heteroatoms. The fourth-order valence-corrected chi connectivity index (χ4v) is 6.36. The number of ether oxygens (including phenoxy) is 2. The number of benzene rings is 1. The van der Waals surface area contributed by atoms with E-state index >= 15 is 4.39 Å². The quantitative estimate of drug-likeness (QED) is 0.218. The van der Waals surface area contributed by atoms with Crippen LogP contribution in [0.2, 0.25) is 0 Å². The summed E-state index contributed by atoms with van der Waals surface area (Å²) in [4.78, 5) is 24.2. The number of fused-ring (bicyclic) bond motifs is 1. The maximum Gasteiger partial charge on any atom is 0.323 e. The molecule has 0 amide bonds. The molecule has 0 bridgehead atoms. The van der Waals surface area contributed by atoms with Crippen molar-refractivity contribution in [3.8, 4) is 5.75 Å². The first-order valence-corrected chi connectivity index (χ1v) is 14.7. The number of halogens is 3. The Morgan fingerprint density at radius 2 is 1.98 bits per heavy atom. The lowest BCUT2D eigenvalue weighted by Crippen LogP contribution is -2.52. The third-order valence-electron chi connectivity index (χ3n) is 5.93. The molecule has 40 heavy (non-hydrogen) atoms. The molecule has 218 valence electrons. The third-order valence-corrected chi connectivity index (χ3v) is 8.41. The minimum Gasteiger partial charge on any atom is -0.462 e. The van der Waals surface area contributed by atoms with Crippen molar-refractivity contribution in [3.63, 3.8) is 0 Å². The fourth-order valence-electron chi connectivity index (χ4n) is 3.93. The number of nitrogens with two attached hydrogens (primary N) is 1. The van der Waals surface area contributed by atoms with Crippen LogP contribution in [0.1, 0.15) is 27.0 Å². The number of hydrogen-bond acceptors (Lipinski definition) is 11. The van der Waals surface area contributed by atoms with Gasteiger partial charge < -0.3 is 29.4 Å². The number of nitrogens with zero attached hydrogens (tertiary/aromatic N) is 4. The zero-order chi connectivity index (χ0) is 29.2. The van der Waals surface area contributed by atoms with E-state index in [4.69, 9.17) is 36.1 Å². The second-order valence-corrected chi connectivity index (χ2v) is 12.4. The first-order valence-electron chi connectivity index (χ1n) is 12.1. The largest absolute Gasteiger partial charge is 0.462 e. The van der Waals surface area contributed by atoms with Crippen molar-refractivity contribution in [2.75, 3.05) is 12.3 Å². The zero-order valence-electron chi connectivity index (χ0n) is 21.6. The van der Waals surface area contributed by atoms with Crippen LogP contribution in [-0.2, 0) is 30.6 Å². The van der Waals surface area contributed by atoms with Crippen molar-refractivity contribution in [1.82, 2.24) is 24.6 Å². The number of carbonyl (C=O) groups is 1. The summed E-state index contributed by atoms with van der Waals surface area (Å²) in [6, 6.07) is 7.00. The van der Waals surface area contributed by atoms with Gasteiger partial charge in [-0.3, -0.25) is 9.36 Å². The Kier molecular flexibility index (Phi) is 8.97. The van der Waals surface area contributed by atoms with Crippen molar-refractivity contribution in [2.24, 2.45) is 0 Å². The van der Waals surface area contributed by atoms with Gasteiger partial charge in [-0.05, 0) is 44.7 Å². The van der Waals surface area contributed by atoms with Crippen molar-refractivity contribution < 1.29 is 41.6 Å². The van der Waals surface area contributed by atoms with Crippen LogP contribution in [0.3, 0.4) is 0 Å². The average Bonchev–Trinajstić information content (AvgIpc) is 3.43. The monoisotopic (exact) mass is 604 g/mol. The molecule has 3 aromatic rings. The number of nitrogen functional groups attached to an aromatic ring is 1. The van der Waals surface area contributed by atoms with Crippen LogP contribution in [-0.4, -0.2) is 73.6 Å². The number of hydrogen-bond donors (Lipinski definition) is 3. The number of anilines is 1. The smallest absolute Gasteiger partial charge is 0.323 e. The van der Waals surface area contributed by atoms with Crippen LogP contribution in [0.15, 0.2) is 43.0 Å². The summed E-state index contributed by atoms with van der Waals surface area (Å²) in [5.74, 6) is -0.497. The number of aliphatic hydroxyl groups is 1. The topological polar surface area (TPSA) is 156 Å². The number of esters is 1. The summed E-state index contributed by atoms with van der Waals surface area (Å²) >= 11 is 5.54. The number of nitrogens with one attached hydrogen (secondary N) is 1. The number of carbonyl (C=O) groups excluding carboxylic acids is 1. The molecule has 0 radical (unpaired) electrons. The highest BCUT2D eigenvalue weighted by atomic mass is 32.5. The molecule has 4 N–H and O–H groups in total. The highest BCUT2D eigenvalue weighted by Crippen LogP contribution is 2.50. The Balaban J connectivity index is 1.62. The van der Waals surface area contributed by atoms with Gasteiger partial charge in [-0.15, -0.1) is 0 Å². The molecule has 0 saturated carbocycles. The summed E-state index contributed by atoms with van der Waals surface area (Å²) in [5, 5.41) is 13.4. The molecule has 0 aliphatic carbocycles. The number of aromatic nitrogens is 4. The van der Waals surface area contributed by atoms with Crippen molar-refractivity contribution in [3.05, 3.63) is 43.0 Å². The van der Waals surface area contributed by atoms with E-state index in [-0.39, 0.29) is 22.7 Å². The van der Waals surface area contributed by atoms with Gasteiger partial charge >= 0.3 is 12.6 Å². The SMILES string of the molecule is CC(C)OC(=O)C(C)NP(=S)(OCC1(C(F)F)OC(n2cnc3c(N)ncnc32)C(F)C1O)Oc1ccccc1. The highest BCUT2D eigenvalue weighted by molar-refractivity contribution is 8.09. The predicted molar refractivity (Wildman–Crippen MR) is 141 cm³/mol. The summed E-state index contributed by atoms with van der Waals surface area (Å²) in [5.41, 5.74) is 2.99. The highest BCUT2D eigenvalue weighted by Gasteiger charge is 2.62. The first-order chi connectivity index (χ1) is 18.9. The van der Waals surface area contributed by atoms with Crippen molar-refractivity contribution >= 4 is 41.4 Å². The number of para-hydroxylation sites is 1. The lowest BCUT2D eigenvalue weighted by molar-refractivity contribution is -0.191. The number of alkyl halides is 3. The molecule has 3 heterocycles. The molecule has 4 rings (SSSR count). The minimum atomic E-state index is -3.82. The van der Waals surface area contributed by atoms with E-state index in [0.717, 1.165) is 17.2 Å². The number of rotatable bonds is 11. The molecule has 12 nitrogen and oxygen atoms in total. The van der Waals surface area contributed by atoms with Crippen LogP contribution in [0.5, 0.6) is 5.75 Å². The van der Waals surface area contributed by atoms with E-state index in [2.05, 4.69) is 20.0 Å². The van der Waals surface area contributed by atoms with E-state index in [9.17, 15) is 18.7 Å².